The van der Waals surface area contributed by atoms with Crippen LogP contribution in [0.25, 0.3) is 16.8 Å². The van der Waals surface area contributed by atoms with E-state index in [0.29, 0.717) is 0 Å². The smallest absolute Gasteiger partial charge is 0.475 e. The van der Waals surface area contributed by atoms with Crippen LogP contribution in [0.2, 0.25) is 0 Å². The second-order valence-electron chi connectivity index (χ2n) is 5.74. The highest BCUT2D eigenvalue weighted by molar-refractivity contribution is 5.74. The molecule has 3 heterocycles. The summed E-state index contributed by atoms with van der Waals surface area (Å²) in [6.07, 6.45) is -1.47. The topological polar surface area (TPSA) is 96.2 Å². The Hall–Kier alpha value is -2.65. The van der Waals surface area contributed by atoms with Crippen LogP contribution >= 0.6 is 0 Å². The van der Waals surface area contributed by atoms with Crippen LogP contribution in [0.1, 0.15) is 26.6 Å². The van der Waals surface area contributed by atoms with Crippen molar-refractivity contribution < 1.29 is 23.1 Å². The van der Waals surface area contributed by atoms with Crippen molar-refractivity contribution >= 4 is 22.8 Å². The number of carboxylic acid groups (broad SMARTS) is 1. The van der Waals surface area contributed by atoms with Crippen LogP contribution < -0.4 is 0 Å². The van der Waals surface area contributed by atoms with E-state index in [1.165, 1.54) is 0 Å². The second-order valence-corrected chi connectivity index (χ2v) is 5.74. The molecule has 3 aromatic rings. The maximum atomic E-state index is 10.6. The summed E-state index contributed by atoms with van der Waals surface area (Å²) in [5, 5.41) is 15.5. The summed E-state index contributed by atoms with van der Waals surface area (Å²) in [5.41, 5.74) is 2.63. The Morgan fingerprint density at radius 2 is 1.87 bits per heavy atom. The molecule has 0 spiro atoms. The first-order valence-corrected chi connectivity index (χ1v) is 6.49. The van der Waals surface area contributed by atoms with Crippen molar-refractivity contribution in [3.05, 3.63) is 24.3 Å². The predicted octanol–water partition coefficient (Wildman–Crippen LogP) is 2.54. The number of carboxylic acids is 1. The van der Waals surface area contributed by atoms with Crippen molar-refractivity contribution in [3.63, 3.8) is 0 Å². The Balaban J connectivity index is 0.000000236. The molecule has 124 valence electrons. The van der Waals surface area contributed by atoms with E-state index >= 15 is 0 Å². The number of alkyl halides is 3. The number of aromatic amines is 1. The minimum absolute atomic E-state index is 0.0367. The van der Waals surface area contributed by atoms with Crippen molar-refractivity contribution in [2.24, 2.45) is 0 Å². The van der Waals surface area contributed by atoms with Gasteiger partial charge < -0.3 is 10.1 Å². The summed E-state index contributed by atoms with van der Waals surface area (Å²) >= 11 is 0. The van der Waals surface area contributed by atoms with Crippen molar-refractivity contribution in [2.45, 2.75) is 32.4 Å². The molecule has 0 aliphatic rings. The van der Waals surface area contributed by atoms with Gasteiger partial charge in [0, 0.05) is 11.6 Å². The Kier molecular flexibility index (Phi) is 4.01. The number of halogens is 3. The molecule has 0 saturated heterocycles. The SMILES string of the molecule is CC(C)(C)c1nnc2cnc3[nH]ccc3n12.O=C(O)C(F)(F)F. The summed E-state index contributed by atoms with van der Waals surface area (Å²) in [5.74, 6) is -1.80. The number of aromatic nitrogens is 5. The lowest BCUT2D eigenvalue weighted by Gasteiger charge is -2.15. The minimum Gasteiger partial charge on any atom is -0.475 e. The average Bonchev–Trinajstić information content (AvgIpc) is 3.03. The van der Waals surface area contributed by atoms with Crippen LogP contribution in [-0.2, 0) is 10.2 Å². The molecule has 2 N–H and O–H groups in total. The van der Waals surface area contributed by atoms with Gasteiger partial charge in [0.15, 0.2) is 11.3 Å². The van der Waals surface area contributed by atoms with Gasteiger partial charge in [-0.25, -0.2) is 9.78 Å². The van der Waals surface area contributed by atoms with Crippen LogP contribution in [0.5, 0.6) is 0 Å². The van der Waals surface area contributed by atoms with Crippen molar-refractivity contribution in [1.82, 2.24) is 24.6 Å². The average molecular weight is 329 g/mol. The summed E-state index contributed by atoms with van der Waals surface area (Å²) in [7, 11) is 0. The van der Waals surface area contributed by atoms with Gasteiger partial charge in [-0.1, -0.05) is 20.8 Å². The zero-order valence-electron chi connectivity index (χ0n) is 12.5. The van der Waals surface area contributed by atoms with Gasteiger partial charge in [-0.05, 0) is 6.07 Å². The first-order chi connectivity index (χ1) is 10.5. The third-order valence-electron chi connectivity index (χ3n) is 2.86. The fourth-order valence-electron chi connectivity index (χ4n) is 1.86. The number of hydrogen-bond donors (Lipinski definition) is 2. The van der Waals surface area contributed by atoms with Gasteiger partial charge in [0.1, 0.15) is 5.82 Å². The van der Waals surface area contributed by atoms with Crippen LogP contribution in [0, 0.1) is 0 Å². The number of H-pyrrole nitrogens is 1. The van der Waals surface area contributed by atoms with E-state index in [9.17, 15) is 13.2 Å². The highest BCUT2D eigenvalue weighted by Crippen LogP contribution is 2.23. The molecule has 23 heavy (non-hydrogen) atoms. The number of aliphatic carboxylic acids is 1. The highest BCUT2D eigenvalue weighted by Gasteiger charge is 2.38. The fraction of sp³-hybridized carbons (Fsp3) is 0.385. The van der Waals surface area contributed by atoms with Gasteiger partial charge in [0.2, 0.25) is 0 Å². The van der Waals surface area contributed by atoms with Gasteiger partial charge in [-0.15, -0.1) is 10.2 Å². The van der Waals surface area contributed by atoms with Gasteiger partial charge in [0.05, 0.1) is 11.7 Å². The normalized spacial score (nSPS) is 12.3. The first kappa shape index (κ1) is 16.7. The van der Waals surface area contributed by atoms with E-state index in [-0.39, 0.29) is 5.41 Å². The summed E-state index contributed by atoms with van der Waals surface area (Å²) in [4.78, 5) is 16.3. The molecule has 0 saturated carbocycles. The van der Waals surface area contributed by atoms with Gasteiger partial charge in [-0.2, -0.15) is 13.2 Å². The van der Waals surface area contributed by atoms with E-state index in [4.69, 9.17) is 9.90 Å². The molecule has 0 atom stereocenters. The van der Waals surface area contributed by atoms with E-state index < -0.39 is 12.1 Å². The fourth-order valence-corrected chi connectivity index (χ4v) is 1.86. The monoisotopic (exact) mass is 329 g/mol. The molecule has 0 amide bonds. The molecule has 0 fully saturated rings. The largest absolute Gasteiger partial charge is 0.490 e. The van der Waals surface area contributed by atoms with E-state index in [2.05, 4.69) is 45.3 Å². The summed E-state index contributed by atoms with van der Waals surface area (Å²) < 4.78 is 33.8. The van der Waals surface area contributed by atoms with E-state index in [1.807, 2.05) is 12.3 Å². The molecule has 10 heteroatoms. The number of rotatable bonds is 0. The third-order valence-corrected chi connectivity index (χ3v) is 2.86. The van der Waals surface area contributed by atoms with Gasteiger partial charge in [-0.3, -0.25) is 4.40 Å². The standard InChI is InChI=1S/C11H13N5.C2HF3O2/c1-11(2,3)10-15-14-8-6-13-9-7(16(8)10)4-5-12-9;3-2(4,5)1(6)7/h4-6,12H,1-3H3;(H,6,7). The molecular formula is C13H14F3N5O2. The Morgan fingerprint density at radius 1 is 1.26 bits per heavy atom. The van der Waals surface area contributed by atoms with Crippen LogP contribution in [0.3, 0.4) is 0 Å². The van der Waals surface area contributed by atoms with Crippen molar-refractivity contribution in [1.29, 1.82) is 0 Å². The number of nitrogens with zero attached hydrogens (tertiary/aromatic N) is 4. The van der Waals surface area contributed by atoms with Crippen molar-refractivity contribution in [2.75, 3.05) is 0 Å². The lowest BCUT2D eigenvalue weighted by molar-refractivity contribution is -0.192. The lowest BCUT2D eigenvalue weighted by atomic mass is 9.96. The van der Waals surface area contributed by atoms with Gasteiger partial charge in [0.25, 0.3) is 0 Å². The van der Waals surface area contributed by atoms with Crippen molar-refractivity contribution in [3.8, 4) is 0 Å². The molecular weight excluding hydrogens is 315 g/mol. The van der Waals surface area contributed by atoms with Crippen LogP contribution in [-0.4, -0.2) is 41.8 Å². The highest BCUT2D eigenvalue weighted by atomic mass is 19.4. The zero-order chi connectivity index (χ0) is 17.4. The lowest BCUT2D eigenvalue weighted by Crippen LogP contribution is -2.21. The Labute approximate surface area is 128 Å². The summed E-state index contributed by atoms with van der Waals surface area (Å²) in [6.45, 7) is 6.38. The number of fused-ring (bicyclic) bond motifs is 3. The molecule has 3 aromatic heterocycles. The maximum Gasteiger partial charge on any atom is 0.490 e. The third kappa shape index (κ3) is 3.41. The predicted molar refractivity (Wildman–Crippen MR) is 75.0 cm³/mol. The Morgan fingerprint density at radius 3 is 2.39 bits per heavy atom. The van der Waals surface area contributed by atoms with Crippen LogP contribution in [0.4, 0.5) is 13.2 Å². The molecule has 0 bridgehead atoms. The van der Waals surface area contributed by atoms with Gasteiger partial charge >= 0.3 is 12.1 Å². The minimum atomic E-state index is -5.08. The molecule has 7 nitrogen and oxygen atoms in total. The molecule has 0 aliphatic heterocycles. The molecule has 0 radical (unpaired) electrons. The zero-order valence-corrected chi connectivity index (χ0v) is 12.5. The van der Waals surface area contributed by atoms with E-state index in [0.717, 1.165) is 22.6 Å². The first-order valence-electron chi connectivity index (χ1n) is 6.49. The maximum absolute atomic E-state index is 10.6. The quantitative estimate of drug-likeness (QED) is 0.661. The molecule has 0 aliphatic carbocycles. The van der Waals surface area contributed by atoms with E-state index in [1.54, 1.807) is 6.20 Å². The number of hydrogen-bond acceptors (Lipinski definition) is 4. The van der Waals surface area contributed by atoms with Crippen LogP contribution in [0.15, 0.2) is 18.5 Å². The Bertz CT molecular complexity index is 845. The molecule has 3 rings (SSSR count). The molecule has 0 aromatic carbocycles. The number of carbonyl (C=O) groups is 1. The number of nitrogens with one attached hydrogen (secondary N) is 1. The summed E-state index contributed by atoms with van der Waals surface area (Å²) in [6, 6.07) is 1.99. The second kappa shape index (κ2) is 5.52. The molecule has 0 unspecified atom stereocenters.